The van der Waals surface area contributed by atoms with Crippen molar-refractivity contribution in [3.8, 4) is 17.2 Å². The Bertz CT molecular complexity index is 1050. The second kappa shape index (κ2) is 7.19. The van der Waals surface area contributed by atoms with Crippen LogP contribution in [0.2, 0.25) is 0 Å². The van der Waals surface area contributed by atoms with Crippen LogP contribution in [-0.4, -0.2) is 21.9 Å². The number of para-hydroxylation sites is 2. The van der Waals surface area contributed by atoms with Crippen molar-refractivity contribution in [1.82, 2.24) is 9.13 Å². The third kappa shape index (κ3) is 3.28. The molecule has 7 heteroatoms. The van der Waals surface area contributed by atoms with Gasteiger partial charge >= 0.3 is 11.7 Å². The van der Waals surface area contributed by atoms with Gasteiger partial charge in [0.15, 0.2) is 11.5 Å². The molecule has 0 saturated carbocycles. The van der Waals surface area contributed by atoms with Gasteiger partial charge in [-0.15, -0.1) is 0 Å². The van der Waals surface area contributed by atoms with Crippen molar-refractivity contribution in [3.05, 3.63) is 52.9 Å². The molecular formula is C20H20N2O5. The summed E-state index contributed by atoms with van der Waals surface area (Å²) < 4.78 is 19.3. The van der Waals surface area contributed by atoms with Crippen LogP contribution in [0.4, 0.5) is 0 Å². The van der Waals surface area contributed by atoms with Crippen molar-refractivity contribution in [2.75, 3.05) is 6.79 Å². The first-order chi connectivity index (χ1) is 13.2. The minimum Gasteiger partial charge on any atom is -0.454 e. The van der Waals surface area contributed by atoms with E-state index >= 15 is 0 Å². The third-order valence-electron chi connectivity index (χ3n) is 4.49. The van der Waals surface area contributed by atoms with Crippen LogP contribution < -0.4 is 19.9 Å². The highest BCUT2D eigenvalue weighted by Gasteiger charge is 2.17. The lowest BCUT2D eigenvalue weighted by Crippen LogP contribution is -2.25. The average Bonchev–Trinajstić information content (AvgIpc) is 3.23. The van der Waals surface area contributed by atoms with Gasteiger partial charge in [0.05, 0.1) is 17.5 Å². The quantitative estimate of drug-likeness (QED) is 0.494. The zero-order valence-electron chi connectivity index (χ0n) is 15.0. The molecule has 3 aromatic rings. The highest BCUT2D eigenvalue weighted by molar-refractivity contribution is 5.77. The fourth-order valence-electron chi connectivity index (χ4n) is 3.25. The van der Waals surface area contributed by atoms with E-state index in [2.05, 4.69) is 0 Å². The number of benzene rings is 2. The molecule has 0 amide bonds. The first-order valence-electron chi connectivity index (χ1n) is 8.96. The van der Waals surface area contributed by atoms with Crippen LogP contribution in [0.1, 0.15) is 19.8 Å². The predicted molar refractivity (Wildman–Crippen MR) is 99.3 cm³/mol. The molecule has 2 aromatic carbocycles. The molecule has 0 N–H and O–H groups in total. The molecule has 0 aliphatic carbocycles. The van der Waals surface area contributed by atoms with Crippen LogP contribution in [-0.2, 0) is 17.9 Å². The van der Waals surface area contributed by atoms with Crippen LogP contribution in [0.5, 0.6) is 17.2 Å². The molecule has 0 radical (unpaired) electrons. The van der Waals surface area contributed by atoms with E-state index in [0.717, 1.165) is 17.5 Å². The molecule has 1 aliphatic heterocycles. The number of carbonyl (C=O) groups is 1. The summed E-state index contributed by atoms with van der Waals surface area (Å²) in [6.07, 6.45) is 0.953. The molecule has 0 fully saturated rings. The second-order valence-corrected chi connectivity index (χ2v) is 6.31. The van der Waals surface area contributed by atoms with Gasteiger partial charge in [-0.1, -0.05) is 19.1 Å². The number of fused-ring (bicyclic) bond motifs is 2. The molecule has 0 bridgehead atoms. The van der Waals surface area contributed by atoms with E-state index in [9.17, 15) is 9.59 Å². The van der Waals surface area contributed by atoms with Crippen LogP contribution in [0.3, 0.4) is 0 Å². The SMILES string of the molecule is CCCn1c(=O)n(CCC(=O)Oc2ccc3c(c2)OCO3)c2ccccc21. The summed E-state index contributed by atoms with van der Waals surface area (Å²) in [4.78, 5) is 25.0. The Hall–Kier alpha value is -3.22. The Balaban J connectivity index is 1.49. The third-order valence-corrected chi connectivity index (χ3v) is 4.49. The van der Waals surface area contributed by atoms with E-state index in [1.807, 2.05) is 31.2 Å². The van der Waals surface area contributed by atoms with Crippen molar-refractivity contribution >= 4 is 17.0 Å². The molecule has 2 heterocycles. The van der Waals surface area contributed by atoms with Crippen LogP contribution >= 0.6 is 0 Å². The topological polar surface area (TPSA) is 71.7 Å². The molecule has 4 rings (SSSR count). The fourth-order valence-corrected chi connectivity index (χ4v) is 3.25. The van der Waals surface area contributed by atoms with Gasteiger partial charge in [0, 0.05) is 19.2 Å². The number of esters is 1. The zero-order chi connectivity index (χ0) is 18.8. The Kier molecular flexibility index (Phi) is 4.58. The van der Waals surface area contributed by atoms with Crippen LogP contribution in [0, 0.1) is 0 Å². The van der Waals surface area contributed by atoms with Gasteiger partial charge in [0.25, 0.3) is 0 Å². The van der Waals surface area contributed by atoms with Gasteiger partial charge < -0.3 is 14.2 Å². The lowest BCUT2D eigenvalue weighted by atomic mass is 10.3. The number of hydrogen-bond donors (Lipinski definition) is 0. The van der Waals surface area contributed by atoms with Gasteiger partial charge in [0.2, 0.25) is 6.79 Å². The van der Waals surface area contributed by atoms with Gasteiger partial charge in [0.1, 0.15) is 5.75 Å². The number of ether oxygens (including phenoxy) is 3. The van der Waals surface area contributed by atoms with E-state index in [1.165, 1.54) is 0 Å². The predicted octanol–water partition coefficient (Wildman–Crippen LogP) is 2.94. The molecule has 140 valence electrons. The van der Waals surface area contributed by atoms with E-state index in [1.54, 1.807) is 27.3 Å². The standard InChI is InChI=1S/C20H20N2O5/c1-2-10-21-15-5-3-4-6-16(15)22(20(21)24)11-9-19(23)27-14-7-8-17-18(12-14)26-13-25-17/h3-8,12H,2,9-11,13H2,1H3. The number of rotatable bonds is 6. The fraction of sp³-hybridized carbons (Fsp3) is 0.300. The van der Waals surface area contributed by atoms with Crippen molar-refractivity contribution in [2.24, 2.45) is 0 Å². The Labute approximate surface area is 155 Å². The van der Waals surface area contributed by atoms with Crippen molar-refractivity contribution in [1.29, 1.82) is 0 Å². The van der Waals surface area contributed by atoms with Crippen molar-refractivity contribution in [2.45, 2.75) is 32.9 Å². The maximum Gasteiger partial charge on any atom is 0.329 e. The van der Waals surface area contributed by atoms with Gasteiger partial charge in [-0.05, 0) is 30.7 Å². The smallest absolute Gasteiger partial charge is 0.329 e. The molecule has 0 atom stereocenters. The van der Waals surface area contributed by atoms with Crippen LogP contribution in [0.25, 0.3) is 11.0 Å². The summed E-state index contributed by atoms with van der Waals surface area (Å²) in [5.41, 5.74) is 1.61. The molecule has 27 heavy (non-hydrogen) atoms. The first kappa shape index (κ1) is 17.2. The average molecular weight is 368 g/mol. The number of aromatic nitrogens is 2. The van der Waals surface area contributed by atoms with Gasteiger partial charge in [-0.25, -0.2) is 4.79 Å². The van der Waals surface area contributed by atoms with E-state index in [-0.39, 0.29) is 25.4 Å². The van der Waals surface area contributed by atoms with Gasteiger partial charge in [-0.3, -0.25) is 13.9 Å². The highest BCUT2D eigenvalue weighted by atomic mass is 16.7. The summed E-state index contributed by atoms with van der Waals surface area (Å²) in [6.45, 7) is 3.10. The monoisotopic (exact) mass is 368 g/mol. The number of carbonyl (C=O) groups excluding carboxylic acids is 1. The molecule has 1 aliphatic rings. The van der Waals surface area contributed by atoms with Crippen molar-refractivity contribution in [3.63, 3.8) is 0 Å². The Morgan fingerprint density at radius 3 is 2.48 bits per heavy atom. The maximum absolute atomic E-state index is 12.7. The number of aryl methyl sites for hydroxylation is 2. The number of imidazole rings is 1. The maximum atomic E-state index is 12.7. The lowest BCUT2D eigenvalue weighted by Gasteiger charge is -2.06. The minimum absolute atomic E-state index is 0.0917. The number of nitrogens with zero attached hydrogens (tertiary/aromatic N) is 2. The lowest BCUT2D eigenvalue weighted by molar-refractivity contribution is -0.134. The number of hydrogen-bond acceptors (Lipinski definition) is 5. The Morgan fingerprint density at radius 1 is 1.04 bits per heavy atom. The molecular weight excluding hydrogens is 348 g/mol. The summed E-state index contributed by atoms with van der Waals surface area (Å²) in [5.74, 6) is 1.17. The largest absolute Gasteiger partial charge is 0.454 e. The summed E-state index contributed by atoms with van der Waals surface area (Å²) >= 11 is 0. The zero-order valence-corrected chi connectivity index (χ0v) is 15.0. The van der Waals surface area contributed by atoms with Crippen LogP contribution in [0.15, 0.2) is 47.3 Å². The van der Waals surface area contributed by atoms with E-state index < -0.39 is 5.97 Å². The molecule has 0 spiro atoms. The van der Waals surface area contributed by atoms with E-state index in [4.69, 9.17) is 14.2 Å². The normalized spacial score (nSPS) is 12.5. The summed E-state index contributed by atoms with van der Waals surface area (Å²) in [5, 5.41) is 0. The first-order valence-corrected chi connectivity index (χ1v) is 8.96. The van der Waals surface area contributed by atoms with Crippen molar-refractivity contribution < 1.29 is 19.0 Å². The molecule has 0 unspecified atom stereocenters. The molecule has 0 saturated heterocycles. The minimum atomic E-state index is -0.409. The van der Waals surface area contributed by atoms with Gasteiger partial charge in [-0.2, -0.15) is 0 Å². The highest BCUT2D eigenvalue weighted by Crippen LogP contribution is 2.35. The van der Waals surface area contributed by atoms with E-state index in [0.29, 0.717) is 23.8 Å². The molecule has 7 nitrogen and oxygen atoms in total. The second-order valence-electron chi connectivity index (χ2n) is 6.31. The Morgan fingerprint density at radius 2 is 1.74 bits per heavy atom. The summed E-state index contributed by atoms with van der Waals surface area (Å²) in [7, 11) is 0. The molecule has 1 aromatic heterocycles. The summed E-state index contributed by atoms with van der Waals surface area (Å²) in [6, 6.07) is 12.6.